The van der Waals surface area contributed by atoms with Gasteiger partial charge in [0.15, 0.2) is 0 Å². The summed E-state index contributed by atoms with van der Waals surface area (Å²) in [6, 6.07) is 18.8. The number of aromatic nitrogens is 2. The molecular formula is C33H41ClN4O. The lowest BCUT2D eigenvalue weighted by atomic mass is 9.90. The Balaban J connectivity index is 1.09. The standard InChI is InChI=1S/C33H41ClN4O/c1-22-35-30-12-5-6-13-31(30)38(22)29-17-27-14-15-28(18-29)37(27)20-25-19-33(25,24-10-7-11-26(34)16-24)21-36(2)32(39)23-8-3-4-9-23/h5-7,10-13,16,23,25,27-29H,3-4,8-9,14-15,17-21H2,1-2H3/t25-,27-,28+,29?,33+/m0/s1. The van der Waals surface area contributed by atoms with E-state index in [1.54, 1.807) is 0 Å². The number of fused-ring (bicyclic) bond motifs is 3. The minimum atomic E-state index is 0.0152. The van der Waals surface area contributed by atoms with Crippen molar-refractivity contribution in [3.05, 3.63) is 64.9 Å². The summed E-state index contributed by atoms with van der Waals surface area (Å²) in [6.07, 6.45) is 10.6. The summed E-state index contributed by atoms with van der Waals surface area (Å²) in [5, 5.41) is 0.797. The molecule has 206 valence electrons. The Kier molecular flexibility index (Phi) is 6.51. The summed E-state index contributed by atoms with van der Waals surface area (Å²) in [4.78, 5) is 23.1. The van der Waals surface area contributed by atoms with Gasteiger partial charge in [-0.1, -0.05) is 48.7 Å². The fourth-order valence-corrected chi connectivity index (χ4v) is 8.87. The van der Waals surface area contributed by atoms with Crippen LogP contribution in [0.4, 0.5) is 0 Å². The largest absolute Gasteiger partial charge is 0.345 e. The maximum absolute atomic E-state index is 13.3. The van der Waals surface area contributed by atoms with E-state index in [1.807, 2.05) is 13.1 Å². The van der Waals surface area contributed by atoms with Gasteiger partial charge in [-0.3, -0.25) is 9.69 Å². The van der Waals surface area contributed by atoms with Crippen LogP contribution in [-0.2, 0) is 10.2 Å². The average molecular weight is 545 g/mol. The summed E-state index contributed by atoms with van der Waals surface area (Å²) < 4.78 is 2.52. The van der Waals surface area contributed by atoms with Crippen molar-refractivity contribution in [1.82, 2.24) is 19.4 Å². The van der Waals surface area contributed by atoms with Gasteiger partial charge in [0.2, 0.25) is 5.91 Å². The summed E-state index contributed by atoms with van der Waals surface area (Å²) >= 11 is 6.50. The summed E-state index contributed by atoms with van der Waals surface area (Å²) in [6.45, 7) is 4.10. The first-order chi connectivity index (χ1) is 18.9. The highest BCUT2D eigenvalue weighted by Crippen LogP contribution is 2.57. The van der Waals surface area contributed by atoms with E-state index in [0.717, 1.165) is 48.7 Å². The van der Waals surface area contributed by atoms with Gasteiger partial charge in [0, 0.05) is 54.6 Å². The Labute approximate surface area is 237 Å². The Morgan fingerprint density at radius 2 is 1.77 bits per heavy atom. The average Bonchev–Trinajstić information content (AvgIpc) is 3.21. The van der Waals surface area contributed by atoms with E-state index < -0.39 is 0 Å². The van der Waals surface area contributed by atoms with E-state index in [0.29, 0.717) is 30.0 Å². The Morgan fingerprint density at radius 1 is 1.03 bits per heavy atom. The van der Waals surface area contributed by atoms with Crippen LogP contribution in [0.25, 0.3) is 11.0 Å². The predicted octanol–water partition coefficient (Wildman–Crippen LogP) is 6.77. The van der Waals surface area contributed by atoms with Crippen LogP contribution < -0.4 is 0 Å². The van der Waals surface area contributed by atoms with Gasteiger partial charge in [-0.2, -0.15) is 0 Å². The second-order valence-corrected chi connectivity index (χ2v) is 13.4. The molecule has 0 spiro atoms. The van der Waals surface area contributed by atoms with Crippen LogP contribution in [0, 0.1) is 18.8 Å². The number of para-hydroxylation sites is 2. The van der Waals surface area contributed by atoms with Crippen molar-refractivity contribution in [3.8, 4) is 0 Å². The number of piperidine rings is 1. The smallest absolute Gasteiger partial charge is 0.225 e. The van der Waals surface area contributed by atoms with Crippen molar-refractivity contribution < 1.29 is 4.79 Å². The molecule has 39 heavy (non-hydrogen) atoms. The lowest BCUT2D eigenvalue weighted by Gasteiger charge is -2.40. The number of nitrogens with zero attached hydrogens (tertiary/aromatic N) is 4. The number of benzene rings is 2. The van der Waals surface area contributed by atoms with Crippen molar-refractivity contribution in [2.24, 2.45) is 11.8 Å². The number of hydrogen-bond donors (Lipinski definition) is 0. The number of amides is 1. The van der Waals surface area contributed by atoms with E-state index in [-0.39, 0.29) is 11.3 Å². The second-order valence-electron chi connectivity index (χ2n) is 13.0. The van der Waals surface area contributed by atoms with Crippen molar-refractivity contribution in [2.75, 3.05) is 20.1 Å². The number of carbonyl (C=O) groups is 1. The number of likely N-dealkylation sites (N-methyl/N-ethyl adjacent to an activating group) is 1. The molecule has 0 N–H and O–H groups in total. The van der Waals surface area contributed by atoms with E-state index >= 15 is 0 Å². The van der Waals surface area contributed by atoms with Crippen LogP contribution in [0.5, 0.6) is 0 Å². The second kappa shape index (κ2) is 9.92. The molecule has 5 nitrogen and oxygen atoms in total. The van der Waals surface area contributed by atoms with Gasteiger partial charge in [0.25, 0.3) is 0 Å². The number of aryl methyl sites for hydroxylation is 1. The van der Waals surface area contributed by atoms with Crippen LogP contribution in [0.15, 0.2) is 48.5 Å². The molecule has 2 saturated carbocycles. The van der Waals surface area contributed by atoms with Crippen LogP contribution in [0.3, 0.4) is 0 Å². The molecule has 2 bridgehead atoms. The maximum Gasteiger partial charge on any atom is 0.225 e. The molecule has 4 fully saturated rings. The van der Waals surface area contributed by atoms with Gasteiger partial charge in [-0.15, -0.1) is 0 Å². The fourth-order valence-electron chi connectivity index (χ4n) is 8.68. The van der Waals surface area contributed by atoms with Crippen LogP contribution in [0.2, 0.25) is 5.02 Å². The third kappa shape index (κ3) is 4.50. The van der Waals surface area contributed by atoms with Crippen molar-refractivity contribution in [3.63, 3.8) is 0 Å². The number of hydrogen-bond acceptors (Lipinski definition) is 3. The quantitative estimate of drug-likeness (QED) is 0.329. The van der Waals surface area contributed by atoms with Gasteiger partial charge >= 0.3 is 0 Å². The molecule has 6 heteroatoms. The van der Waals surface area contributed by atoms with Crippen LogP contribution in [0.1, 0.15) is 75.2 Å². The Hall–Kier alpha value is -2.37. The summed E-state index contributed by atoms with van der Waals surface area (Å²) in [5.41, 5.74) is 3.73. The van der Waals surface area contributed by atoms with Crippen LogP contribution >= 0.6 is 11.6 Å². The highest BCUT2D eigenvalue weighted by Gasteiger charge is 2.58. The topological polar surface area (TPSA) is 41.4 Å². The zero-order valence-electron chi connectivity index (χ0n) is 23.4. The van der Waals surface area contributed by atoms with Crippen LogP contribution in [-0.4, -0.2) is 57.5 Å². The zero-order chi connectivity index (χ0) is 26.7. The first kappa shape index (κ1) is 25.6. The molecule has 7 rings (SSSR count). The van der Waals surface area contributed by atoms with Gasteiger partial charge in [0.05, 0.1) is 11.0 Å². The van der Waals surface area contributed by atoms with Gasteiger partial charge in [0.1, 0.15) is 5.82 Å². The molecular weight excluding hydrogens is 504 g/mol. The molecule has 1 amide bonds. The van der Waals surface area contributed by atoms with Crippen molar-refractivity contribution in [1.29, 1.82) is 0 Å². The zero-order valence-corrected chi connectivity index (χ0v) is 24.1. The third-order valence-electron chi connectivity index (χ3n) is 10.7. The Morgan fingerprint density at radius 3 is 2.51 bits per heavy atom. The van der Waals surface area contributed by atoms with Gasteiger partial charge < -0.3 is 9.47 Å². The minimum Gasteiger partial charge on any atom is -0.345 e. The van der Waals surface area contributed by atoms with E-state index in [4.69, 9.17) is 16.6 Å². The third-order valence-corrected chi connectivity index (χ3v) is 10.9. The maximum atomic E-state index is 13.3. The molecule has 2 aliphatic heterocycles. The normalized spacial score (nSPS) is 30.7. The monoisotopic (exact) mass is 544 g/mol. The van der Waals surface area contributed by atoms with E-state index in [2.05, 4.69) is 63.8 Å². The van der Waals surface area contributed by atoms with Gasteiger partial charge in [-0.25, -0.2) is 4.98 Å². The molecule has 2 aromatic carbocycles. The lowest BCUT2D eigenvalue weighted by Crippen LogP contribution is -2.46. The Bertz CT molecular complexity index is 1370. The first-order valence-corrected chi connectivity index (χ1v) is 15.5. The molecule has 2 aliphatic carbocycles. The lowest BCUT2D eigenvalue weighted by molar-refractivity contribution is -0.134. The molecule has 1 unspecified atom stereocenters. The van der Waals surface area contributed by atoms with Crippen molar-refractivity contribution >= 4 is 28.5 Å². The summed E-state index contributed by atoms with van der Waals surface area (Å²) in [7, 11) is 2.04. The SMILES string of the molecule is Cc1nc2ccccc2n1C1C[C@H]2CC[C@@H](C1)N2C[C@@H]1C[C@@]1(CN(C)C(=O)C1CCCC1)c1cccc(Cl)c1. The number of carbonyl (C=O) groups excluding carboxylic acids is 1. The first-order valence-electron chi connectivity index (χ1n) is 15.1. The molecule has 2 saturated heterocycles. The number of rotatable bonds is 7. The fraction of sp³-hybridized carbons (Fsp3) is 0.576. The number of imidazole rings is 1. The highest BCUT2D eigenvalue weighted by atomic mass is 35.5. The molecule has 3 heterocycles. The van der Waals surface area contributed by atoms with E-state index in [9.17, 15) is 4.79 Å². The molecule has 0 radical (unpaired) electrons. The van der Waals surface area contributed by atoms with Gasteiger partial charge in [-0.05, 0) is 87.6 Å². The number of halogens is 1. The van der Waals surface area contributed by atoms with Crippen molar-refractivity contribution in [2.45, 2.75) is 88.3 Å². The molecule has 4 aliphatic rings. The summed E-state index contributed by atoms with van der Waals surface area (Å²) in [5.74, 6) is 2.28. The predicted molar refractivity (Wildman–Crippen MR) is 157 cm³/mol. The van der Waals surface area contributed by atoms with E-state index in [1.165, 1.54) is 49.6 Å². The minimum absolute atomic E-state index is 0.0152. The molecule has 5 atom stereocenters. The molecule has 3 aromatic rings. The molecule has 1 aromatic heterocycles. The highest BCUT2D eigenvalue weighted by molar-refractivity contribution is 6.30.